The molecule has 0 heterocycles. The largest absolute Gasteiger partial charge is 0.388 e. The first kappa shape index (κ1) is 9.27. The van der Waals surface area contributed by atoms with E-state index in [9.17, 15) is 5.11 Å². The molecule has 0 aliphatic rings. The van der Waals surface area contributed by atoms with Gasteiger partial charge in [0, 0.05) is 0 Å². The summed E-state index contributed by atoms with van der Waals surface area (Å²) < 4.78 is 0. The van der Waals surface area contributed by atoms with Crippen molar-refractivity contribution in [3.05, 3.63) is 35.9 Å². The molecule has 0 saturated heterocycles. The zero-order valence-electron chi connectivity index (χ0n) is 7.70. The lowest BCUT2D eigenvalue weighted by molar-refractivity contribution is 0.115. The highest BCUT2D eigenvalue weighted by Gasteiger charge is 2.13. The molecule has 0 aliphatic heterocycles. The van der Waals surface area contributed by atoms with E-state index in [1.54, 1.807) is 0 Å². The molecule has 1 nitrogen and oxygen atoms in total. The predicted octanol–water partition coefficient (Wildman–Crippen LogP) is 2.77. The Hall–Kier alpha value is -0.820. The summed E-state index contributed by atoms with van der Waals surface area (Å²) in [5.74, 6) is 0.340. The first-order valence-corrected chi connectivity index (χ1v) is 4.48. The van der Waals surface area contributed by atoms with Gasteiger partial charge < -0.3 is 5.11 Å². The maximum Gasteiger partial charge on any atom is 0.0815 e. The van der Waals surface area contributed by atoms with E-state index < -0.39 is 0 Å². The second-order valence-corrected chi connectivity index (χ2v) is 3.24. The predicted molar refractivity (Wildman–Crippen MR) is 50.9 cm³/mol. The molecule has 0 fully saturated rings. The number of aliphatic hydroxyl groups is 1. The van der Waals surface area contributed by atoms with Crippen molar-refractivity contribution in [2.45, 2.75) is 26.4 Å². The van der Waals surface area contributed by atoms with Crippen LogP contribution < -0.4 is 0 Å². The molecule has 0 bridgehead atoms. The first-order chi connectivity index (χ1) is 5.75. The Bertz CT molecular complexity index is 218. The highest BCUT2D eigenvalue weighted by molar-refractivity contribution is 5.17. The molecule has 1 N–H and O–H groups in total. The van der Waals surface area contributed by atoms with Gasteiger partial charge >= 0.3 is 0 Å². The number of rotatable bonds is 3. The van der Waals surface area contributed by atoms with E-state index in [4.69, 9.17) is 0 Å². The second-order valence-electron chi connectivity index (χ2n) is 3.24. The van der Waals surface area contributed by atoms with E-state index in [1.165, 1.54) is 0 Å². The molecule has 0 saturated carbocycles. The minimum Gasteiger partial charge on any atom is -0.388 e. The SMILES string of the molecule is CC[C@H](C)[C@H](O)c1ccccc1. The molecule has 0 unspecified atom stereocenters. The van der Waals surface area contributed by atoms with Crippen LogP contribution in [0.2, 0.25) is 0 Å². The van der Waals surface area contributed by atoms with Crippen LogP contribution in [0.25, 0.3) is 0 Å². The Kier molecular flexibility index (Phi) is 3.30. The van der Waals surface area contributed by atoms with E-state index in [0.717, 1.165) is 12.0 Å². The van der Waals surface area contributed by atoms with Crippen molar-refractivity contribution in [3.8, 4) is 0 Å². The van der Waals surface area contributed by atoms with Gasteiger partial charge in [0.25, 0.3) is 0 Å². The van der Waals surface area contributed by atoms with Gasteiger partial charge in [-0.15, -0.1) is 0 Å². The van der Waals surface area contributed by atoms with Crippen LogP contribution in [0.3, 0.4) is 0 Å². The zero-order valence-corrected chi connectivity index (χ0v) is 7.70. The summed E-state index contributed by atoms with van der Waals surface area (Å²) in [7, 11) is 0. The van der Waals surface area contributed by atoms with Crippen LogP contribution in [0, 0.1) is 5.92 Å². The van der Waals surface area contributed by atoms with Gasteiger partial charge in [0.1, 0.15) is 0 Å². The van der Waals surface area contributed by atoms with Crippen LogP contribution in [-0.4, -0.2) is 5.11 Å². The topological polar surface area (TPSA) is 20.2 Å². The Balaban J connectivity index is 2.71. The summed E-state index contributed by atoms with van der Waals surface area (Å²) >= 11 is 0. The maximum absolute atomic E-state index is 9.79. The fourth-order valence-corrected chi connectivity index (χ4v) is 1.20. The van der Waals surface area contributed by atoms with Crippen LogP contribution in [0.15, 0.2) is 30.3 Å². The molecule has 0 amide bonds. The van der Waals surface area contributed by atoms with Crippen molar-refractivity contribution in [2.75, 3.05) is 0 Å². The van der Waals surface area contributed by atoms with E-state index >= 15 is 0 Å². The monoisotopic (exact) mass is 164 g/mol. The van der Waals surface area contributed by atoms with Gasteiger partial charge in [-0.1, -0.05) is 50.6 Å². The molecule has 1 aromatic rings. The van der Waals surface area contributed by atoms with Crippen LogP contribution in [0.1, 0.15) is 31.9 Å². The smallest absolute Gasteiger partial charge is 0.0815 e. The van der Waals surface area contributed by atoms with Gasteiger partial charge in [-0.3, -0.25) is 0 Å². The minimum absolute atomic E-state index is 0.309. The molecule has 2 atom stereocenters. The molecule has 0 radical (unpaired) electrons. The third-order valence-electron chi connectivity index (χ3n) is 2.32. The van der Waals surface area contributed by atoms with Gasteiger partial charge in [-0.2, -0.15) is 0 Å². The standard InChI is InChI=1S/C11H16O/c1-3-9(2)11(12)10-7-5-4-6-8-10/h4-9,11-12H,3H2,1-2H3/t9-,11-/m0/s1. The highest BCUT2D eigenvalue weighted by atomic mass is 16.3. The fraction of sp³-hybridized carbons (Fsp3) is 0.455. The average Bonchev–Trinajstić information content (AvgIpc) is 2.17. The third kappa shape index (κ3) is 2.08. The minimum atomic E-state index is -0.309. The van der Waals surface area contributed by atoms with E-state index in [-0.39, 0.29) is 6.10 Å². The molecular weight excluding hydrogens is 148 g/mol. The normalized spacial score (nSPS) is 15.6. The zero-order chi connectivity index (χ0) is 8.97. The summed E-state index contributed by atoms with van der Waals surface area (Å²) in [6, 6.07) is 9.82. The van der Waals surface area contributed by atoms with E-state index in [2.05, 4.69) is 13.8 Å². The molecule has 0 spiro atoms. The summed E-state index contributed by atoms with van der Waals surface area (Å²) in [5, 5.41) is 9.79. The molecule has 0 aliphatic carbocycles. The molecule has 12 heavy (non-hydrogen) atoms. The van der Waals surface area contributed by atoms with Crippen molar-refractivity contribution < 1.29 is 5.11 Å². The molecule has 1 aromatic carbocycles. The van der Waals surface area contributed by atoms with Crippen LogP contribution in [0.5, 0.6) is 0 Å². The Morgan fingerprint density at radius 3 is 2.33 bits per heavy atom. The average molecular weight is 164 g/mol. The van der Waals surface area contributed by atoms with E-state index in [0.29, 0.717) is 5.92 Å². The Morgan fingerprint density at radius 1 is 1.25 bits per heavy atom. The summed E-state index contributed by atoms with van der Waals surface area (Å²) in [6.45, 7) is 4.16. The van der Waals surface area contributed by atoms with Gasteiger partial charge in [-0.25, -0.2) is 0 Å². The number of hydrogen-bond acceptors (Lipinski definition) is 1. The molecule has 1 heteroatoms. The highest BCUT2D eigenvalue weighted by Crippen LogP contribution is 2.23. The van der Waals surface area contributed by atoms with Crippen LogP contribution in [0.4, 0.5) is 0 Å². The van der Waals surface area contributed by atoms with Crippen molar-refractivity contribution in [2.24, 2.45) is 5.92 Å². The number of benzene rings is 1. The molecule has 1 rings (SSSR count). The summed E-state index contributed by atoms with van der Waals surface area (Å²) in [5.41, 5.74) is 1.02. The van der Waals surface area contributed by atoms with Crippen molar-refractivity contribution >= 4 is 0 Å². The second kappa shape index (κ2) is 4.27. The third-order valence-corrected chi connectivity index (χ3v) is 2.32. The quantitative estimate of drug-likeness (QED) is 0.728. The lowest BCUT2D eigenvalue weighted by Crippen LogP contribution is -2.07. The van der Waals surface area contributed by atoms with Crippen LogP contribution in [-0.2, 0) is 0 Å². The number of hydrogen-bond donors (Lipinski definition) is 1. The fourth-order valence-electron chi connectivity index (χ4n) is 1.20. The van der Waals surface area contributed by atoms with Gasteiger partial charge in [0.2, 0.25) is 0 Å². The van der Waals surface area contributed by atoms with E-state index in [1.807, 2.05) is 30.3 Å². The Morgan fingerprint density at radius 2 is 1.83 bits per heavy atom. The molecule has 0 aromatic heterocycles. The lowest BCUT2D eigenvalue weighted by atomic mass is 9.95. The van der Waals surface area contributed by atoms with Gasteiger partial charge in [-0.05, 0) is 11.5 Å². The van der Waals surface area contributed by atoms with Crippen molar-refractivity contribution in [1.29, 1.82) is 0 Å². The first-order valence-electron chi connectivity index (χ1n) is 4.48. The lowest BCUT2D eigenvalue weighted by Gasteiger charge is -2.16. The van der Waals surface area contributed by atoms with Crippen molar-refractivity contribution in [1.82, 2.24) is 0 Å². The number of aliphatic hydroxyl groups excluding tert-OH is 1. The summed E-state index contributed by atoms with van der Waals surface area (Å²) in [6.07, 6.45) is 0.701. The Labute approximate surface area is 74.1 Å². The summed E-state index contributed by atoms with van der Waals surface area (Å²) in [4.78, 5) is 0. The van der Waals surface area contributed by atoms with Crippen LogP contribution >= 0.6 is 0 Å². The maximum atomic E-state index is 9.79. The van der Waals surface area contributed by atoms with Gasteiger partial charge in [0.05, 0.1) is 6.10 Å². The van der Waals surface area contributed by atoms with Crippen molar-refractivity contribution in [3.63, 3.8) is 0 Å². The molecule has 66 valence electrons. The molecular formula is C11H16O. The van der Waals surface area contributed by atoms with Gasteiger partial charge in [0.15, 0.2) is 0 Å².